The molecule has 0 aliphatic heterocycles. The fourth-order valence-corrected chi connectivity index (χ4v) is 1.87. The normalized spacial score (nSPS) is 10.6. The number of H-pyrrole nitrogens is 1. The summed E-state index contributed by atoms with van der Waals surface area (Å²) in [7, 11) is 0. The molecule has 0 aliphatic carbocycles. The van der Waals surface area contributed by atoms with Gasteiger partial charge in [0.1, 0.15) is 5.82 Å². The highest BCUT2D eigenvalue weighted by molar-refractivity contribution is 9.10. The Hall–Kier alpha value is -1.09. The minimum absolute atomic E-state index is 1.03. The largest absolute Gasteiger partial charge is 0.342 e. The van der Waals surface area contributed by atoms with E-state index in [-0.39, 0.29) is 0 Å². The van der Waals surface area contributed by atoms with Gasteiger partial charge in [-0.1, -0.05) is 41.4 Å². The van der Waals surface area contributed by atoms with E-state index in [1.807, 2.05) is 18.3 Å². The van der Waals surface area contributed by atoms with Gasteiger partial charge in [-0.15, -0.1) is 0 Å². The molecule has 1 aromatic carbocycles. The van der Waals surface area contributed by atoms with E-state index in [2.05, 4.69) is 45.0 Å². The fraction of sp³-hybridized carbons (Fsp3) is 0.308. The number of benzene rings is 1. The van der Waals surface area contributed by atoms with Gasteiger partial charge in [0.05, 0.1) is 11.9 Å². The van der Waals surface area contributed by atoms with Crippen molar-refractivity contribution in [1.29, 1.82) is 0 Å². The molecule has 0 saturated carbocycles. The van der Waals surface area contributed by atoms with E-state index in [9.17, 15) is 0 Å². The number of imidazole rings is 1. The van der Waals surface area contributed by atoms with Crippen molar-refractivity contribution in [2.75, 3.05) is 0 Å². The van der Waals surface area contributed by atoms with Gasteiger partial charge in [-0.05, 0) is 24.1 Å². The maximum atomic E-state index is 4.39. The van der Waals surface area contributed by atoms with Crippen LogP contribution >= 0.6 is 15.9 Å². The maximum absolute atomic E-state index is 4.39. The lowest BCUT2D eigenvalue weighted by Crippen LogP contribution is -1.87. The second-order valence-electron chi connectivity index (χ2n) is 3.85. The molecule has 2 nitrogen and oxygen atoms in total. The molecule has 1 aromatic heterocycles. The van der Waals surface area contributed by atoms with Gasteiger partial charge in [0.25, 0.3) is 0 Å². The van der Waals surface area contributed by atoms with E-state index in [1.165, 1.54) is 18.4 Å². The monoisotopic (exact) mass is 278 g/mol. The minimum atomic E-state index is 1.03. The van der Waals surface area contributed by atoms with Crippen LogP contribution in [-0.2, 0) is 6.42 Å². The number of rotatable bonds is 4. The van der Waals surface area contributed by atoms with Crippen molar-refractivity contribution in [3.8, 4) is 11.3 Å². The van der Waals surface area contributed by atoms with E-state index in [4.69, 9.17) is 0 Å². The number of aryl methyl sites for hydroxylation is 1. The molecule has 16 heavy (non-hydrogen) atoms. The molecule has 0 radical (unpaired) electrons. The molecule has 0 saturated heterocycles. The number of aromatic amines is 1. The zero-order chi connectivity index (χ0) is 11.4. The Morgan fingerprint density at radius 3 is 2.69 bits per heavy atom. The average Bonchev–Trinajstić information content (AvgIpc) is 2.76. The van der Waals surface area contributed by atoms with E-state index in [1.54, 1.807) is 0 Å². The van der Waals surface area contributed by atoms with Crippen LogP contribution in [0.4, 0.5) is 0 Å². The first-order chi connectivity index (χ1) is 7.79. The minimum Gasteiger partial charge on any atom is -0.342 e. The van der Waals surface area contributed by atoms with Crippen LogP contribution in [0.2, 0.25) is 0 Å². The Labute approximate surface area is 104 Å². The molecule has 84 valence electrons. The molecule has 0 bridgehead atoms. The molecule has 0 aliphatic rings. The van der Waals surface area contributed by atoms with Crippen LogP contribution in [0.15, 0.2) is 34.9 Å². The average molecular weight is 279 g/mol. The molecule has 1 heterocycles. The zero-order valence-electron chi connectivity index (χ0n) is 9.33. The lowest BCUT2D eigenvalue weighted by molar-refractivity contribution is 0.763. The first kappa shape index (κ1) is 11.4. The highest BCUT2D eigenvalue weighted by atomic mass is 79.9. The third-order valence-corrected chi connectivity index (χ3v) is 3.08. The van der Waals surface area contributed by atoms with Crippen molar-refractivity contribution in [3.63, 3.8) is 0 Å². The van der Waals surface area contributed by atoms with Crippen LogP contribution in [0.25, 0.3) is 11.3 Å². The number of aromatic nitrogens is 2. The second-order valence-corrected chi connectivity index (χ2v) is 4.77. The molecule has 1 N–H and O–H groups in total. The van der Waals surface area contributed by atoms with Gasteiger partial charge < -0.3 is 4.98 Å². The molecular weight excluding hydrogens is 264 g/mol. The Morgan fingerprint density at radius 1 is 1.25 bits per heavy atom. The Bertz CT molecular complexity index is 445. The third kappa shape index (κ3) is 2.73. The summed E-state index contributed by atoms with van der Waals surface area (Å²) in [4.78, 5) is 7.74. The first-order valence-electron chi connectivity index (χ1n) is 5.59. The number of halogens is 1. The summed E-state index contributed by atoms with van der Waals surface area (Å²) in [5.41, 5.74) is 2.28. The van der Waals surface area contributed by atoms with Crippen LogP contribution in [0.5, 0.6) is 0 Å². The number of nitrogens with zero attached hydrogens (tertiary/aromatic N) is 1. The van der Waals surface area contributed by atoms with Gasteiger partial charge in [0.2, 0.25) is 0 Å². The highest BCUT2D eigenvalue weighted by Crippen LogP contribution is 2.20. The van der Waals surface area contributed by atoms with Crippen LogP contribution in [0, 0.1) is 0 Å². The van der Waals surface area contributed by atoms with Gasteiger partial charge >= 0.3 is 0 Å². The second kappa shape index (κ2) is 5.30. The predicted molar refractivity (Wildman–Crippen MR) is 70.3 cm³/mol. The topological polar surface area (TPSA) is 28.7 Å². The molecule has 0 fully saturated rings. The summed E-state index contributed by atoms with van der Waals surface area (Å²) in [6.45, 7) is 2.19. The maximum Gasteiger partial charge on any atom is 0.106 e. The summed E-state index contributed by atoms with van der Waals surface area (Å²) in [5, 5.41) is 0. The molecule has 0 amide bonds. The summed E-state index contributed by atoms with van der Waals surface area (Å²) in [6, 6.07) is 8.26. The summed E-state index contributed by atoms with van der Waals surface area (Å²) < 4.78 is 1.10. The molecule has 2 rings (SSSR count). The Kier molecular flexibility index (Phi) is 3.78. The summed E-state index contributed by atoms with van der Waals surface area (Å²) in [6.07, 6.45) is 5.34. The van der Waals surface area contributed by atoms with E-state index in [0.29, 0.717) is 0 Å². The predicted octanol–water partition coefficient (Wildman–Crippen LogP) is 4.18. The van der Waals surface area contributed by atoms with Gasteiger partial charge in [0, 0.05) is 10.9 Å². The van der Waals surface area contributed by atoms with E-state index < -0.39 is 0 Å². The summed E-state index contributed by atoms with van der Waals surface area (Å²) in [5.74, 6) is 1.08. The van der Waals surface area contributed by atoms with Crippen molar-refractivity contribution in [2.24, 2.45) is 0 Å². The van der Waals surface area contributed by atoms with Crippen molar-refractivity contribution < 1.29 is 0 Å². The lowest BCUT2D eigenvalue weighted by atomic mass is 10.2. The fourth-order valence-electron chi connectivity index (χ4n) is 1.61. The Morgan fingerprint density at radius 2 is 2.00 bits per heavy atom. The summed E-state index contributed by atoms with van der Waals surface area (Å²) >= 11 is 3.43. The number of hydrogen-bond donors (Lipinski definition) is 1. The quantitative estimate of drug-likeness (QED) is 0.893. The van der Waals surface area contributed by atoms with E-state index in [0.717, 1.165) is 22.4 Å². The molecular formula is C13H15BrN2. The number of unbranched alkanes of at least 4 members (excludes halogenated alkanes) is 1. The van der Waals surface area contributed by atoms with Gasteiger partial charge in [-0.25, -0.2) is 4.98 Å². The molecule has 0 spiro atoms. The van der Waals surface area contributed by atoms with Gasteiger partial charge in [-0.3, -0.25) is 0 Å². The van der Waals surface area contributed by atoms with Gasteiger partial charge in [-0.2, -0.15) is 0 Å². The Balaban J connectivity index is 2.15. The van der Waals surface area contributed by atoms with Crippen LogP contribution < -0.4 is 0 Å². The van der Waals surface area contributed by atoms with Crippen molar-refractivity contribution >= 4 is 15.9 Å². The molecule has 2 aromatic rings. The SMILES string of the molecule is CCCCc1ncc(-c2ccc(Br)cc2)[nH]1. The molecule has 3 heteroatoms. The van der Waals surface area contributed by atoms with Crippen LogP contribution in [0.3, 0.4) is 0 Å². The van der Waals surface area contributed by atoms with Crippen LogP contribution in [0.1, 0.15) is 25.6 Å². The van der Waals surface area contributed by atoms with Crippen molar-refractivity contribution in [2.45, 2.75) is 26.2 Å². The lowest BCUT2D eigenvalue weighted by Gasteiger charge is -1.97. The number of nitrogens with one attached hydrogen (secondary N) is 1. The zero-order valence-corrected chi connectivity index (χ0v) is 10.9. The van der Waals surface area contributed by atoms with Crippen molar-refractivity contribution in [3.05, 3.63) is 40.8 Å². The van der Waals surface area contributed by atoms with E-state index >= 15 is 0 Å². The third-order valence-electron chi connectivity index (χ3n) is 2.55. The molecule has 0 unspecified atom stereocenters. The van der Waals surface area contributed by atoms with Crippen molar-refractivity contribution in [1.82, 2.24) is 9.97 Å². The highest BCUT2D eigenvalue weighted by Gasteiger charge is 2.02. The number of hydrogen-bond acceptors (Lipinski definition) is 1. The first-order valence-corrected chi connectivity index (χ1v) is 6.38. The van der Waals surface area contributed by atoms with Gasteiger partial charge in [0.15, 0.2) is 0 Å². The standard InChI is InChI=1S/C13H15BrN2/c1-2-3-4-13-15-9-12(16-13)10-5-7-11(14)8-6-10/h5-9H,2-4H2,1H3,(H,15,16). The molecule has 0 atom stereocenters. The smallest absolute Gasteiger partial charge is 0.106 e. The van der Waals surface area contributed by atoms with Crippen LogP contribution in [-0.4, -0.2) is 9.97 Å².